The number of benzene rings is 3. The second-order valence-electron chi connectivity index (χ2n) is 5.86. The van der Waals surface area contributed by atoms with Crippen LogP contribution in [0.2, 0.25) is 0 Å². The van der Waals surface area contributed by atoms with Crippen molar-refractivity contribution in [3.63, 3.8) is 0 Å². The first-order valence-electron chi connectivity index (χ1n) is 8.39. The van der Waals surface area contributed by atoms with Gasteiger partial charge in [-0.15, -0.1) is 0 Å². The van der Waals surface area contributed by atoms with E-state index >= 15 is 0 Å². The maximum absolute atomic E-state index is 14.5. The Morgan fingerprint density at radius 1 is 0.852 bits per heavy atom. The van der Waals surface area contributed by atoms with Gasteiger partial charge in [-0.05, 0) is 66.2 Å². The molecular weight excluding hydrogens is 360 g/mol. The Bertz CT molecular complexity index is 1090. The highest BCUT2D eigenvalue weighted by molar-refractivity contribution is 7.78. The SMILES string of the molecule is CCc1ccc(C#Cc2ccc(-c3ccc(N=C=S)c(F)c3)c(F)c2)cc1. The number of halogens is 2. The van der Waals surface area contributed by atoms with E-state index in [2.05, 4.69) is 41.1 Å². The minimum atomic E-state index is -0.580. The molecule has 3 rings (SSSR count). The highest BCUT2D eigenvalue weighted by atomic mass is 32.1. The summed E-state index contributed by atoms with van der Waals surface area (Å²) in [4.78, 5) is 3.62. The van der Waals surface area contributed by atoms with Crippen LogP contribution in [-0.4, -0.2) is 5.16 Å². The summed E-state index contributed by atoms with van der Waals surface area (Å²) in [5.41, 5.74) is 3.45. The van der Waals surface area contributed by atoms with Crippen molar-refractivity contribution in [3.8, 4) is 23.0 Å². The molecule has 0 radical (unpaired) electrons. The molecule has 0 heterocycles. The maximum Gasteiger partial charge on any atom is 0.150 e. The Balaban J connectivity index is 1.87. The van der Waals surface area contributed by atoms with Gasteiger partial charge in [-0.2, -0.15) is 4.99 Å². The number of aliphatic imine (C=N–C) groups is 1. The maximum atomic E-state index is 14.5. The zero-order chi connectivity index (χ0) is 19.2. The molecule has 3 aromatic carbocycles. The van der Waals surface area contributed by atoms with Crippen LogP contribution in [0.15, 0.2) is 65.7 Å². The van der Waals surface area contributed by atoms with Gasteiger partial charge in [0.05, 0.1) is 5.16 Å². The minimum Gasteiger partial charge on any atom is -0.206 e. The van der Waals surface area contributed by atoms with Gasteiger partial charge in [0.15, 0.2) is 0 Å². The minimum absolute atomic E-state index is 0.0748. The molecule has 0 unspecified atom stereocenters. The second-order valence-corrected chi connectivity index (χ2v) is 6.05. The summed E-state index contributed by atoms with van der Waals surface area (Å²) in [6.45, 7) is 2.09. The van der Waals surface area contributed by atoms with Crippen molar-refractivity contribution in [3.05, 3.63) is 89.0 Å². The zero-order valence-corrected chi connectivity index (χ0v) is 15.4. The van der Waals surface area contributed by atoms with Crippen molar-refractivity contribution >= 4 is 23.1 Å². The first kappa shape index (κ1) is 18.7. The number of nitrogens with zero attached hydrogens (tertiary/aromatic N) is 1. The standard InChI is InChI=1S/C23H15F2NS/c1-2-16-3-5-17(6-4-16)7-8-18-9-11-20(21(24)13-18)19-10-12-23(26-15-27)22(25)14-19/h3-6,9-14H,2H2,1H3. The van der Waals surface area contributed by atoms with Gasteiger partial charge in [-0.25, -0.2) is 8.78 Å². The number of hydrogen-bond acceptors (Lipinski definition) is 2. The Kier molecular flexibility index (Phi) is 5.88. The van der Waals surface area contributed by atoms with E-state index in [1.807, 2.05) is 24.3 Å². The van der Waals surface area contributed by atoms with Crippen LogP contribution in [0.25, 0.3) is 11.1 Å². The lowest BCUT2D eigenvalue weighted by Crippen LogP contribution is -1.88. The monoisotopic (exact) mass is 375 g/mol. The molecule has 0 saturated heterocycles. The van der Waals surface area contributed by atoms with Gasteiger partial charge < -0.3 is 0 Å². The van der Waals surface area contributed by atoms with Crippen LogP contribution in [0.1, 0.15) is 23.6 Å². The van der Waals surface area contributed by atoms with Crippen molar-refractivity contribution in [1.29, 1.82) is 0 Å². The fraction of sp³-hybridized carbons (Fsp3) is 0.0870. The molecule has 0 aliphatic rings. The summed E-state index contributed by atoms with van der Waals surface area (Å²) >= 11 is 4.47. The molecule has 0 N–H and O–H groups in total. The van der Waals surface area contributed by atoms with Crippen molar-refractivity contribution in [2.45, 2.75) is 13.3 Å². The summed E-state index contributed by atoms with van der Waals surface area (Å²) in [6.07, 6.45) is 0.972. The molecule has 27 heavy (non-hydrogen) atoms. The van der Waals surface area contributed by atoms with Gasteiger partial charge in [-0.1, -0.05) is 43.0 Å². The lowest BCUT2D eigenvalue weighted by atomic mass is 10.0. The van der Waals surface area contributed by atoms with E-state index in [0.717, 1.165) is 12.0 Å². The molecule has 0 bridgehead atoms. The molecule has 0 saturated carbocycles. The van der Waals surface area contributed by atoms with E-state index in [-0.39, 0.29) is 5.69 Å². The first-order valence-corrected chi connectivity index (χ1v) is 8.80. The molecule has 4 heteroatoms. The average molecular weight is 375 g/mol. The Morgan fingerprint density at radius 2 is 1.56 bits per heavy atom. The van der Waals surface area contributed by atoms with Crippen LogP contribution in [0, 0.1) is 23.5 Å². The molecule has 0 aliphatic heterocycles. The van der Waals surface area contributed by atoms with E-state index in [4.69, 9.17) is 0 Å². The third-order valence-electron chi connectivity index (χ3n) is 4.11. The molecule has 0 aromatic heterocycles. The fourth-order valence-electron chi connectivity index (χ4n) is 2.61. The van der Waals surface area contributed by atoms with E-state index in [9.17, 15) is 8.78 Å². The van der Waals surface area contributed by atoms with Gasteiger partial charge in [0.25, 0.3) is 0 Å². The lowest BCUT2D eigenvalue weighted by molar-refractivity contribution is 0.626. The third-order valence-corrected chi connectivity index (χ3v) is 4.20. The van der Waals surface area contributed by atoms with Crippen LogP contribution < -0.4 is 0 Å². The van der Waals surface area contributed by atoms with E-state index in [1.54, 1.807) is 18.2 Å². The van der Waals surface area contributed by atoms with Gasteiger partial charge >= 0.3 is 0 Å². The van der Waals surface area contributed by atoms with Crippen LogP contribution in [-0.2, 0) is 6.42 Å². The first-order chi connectivity index (χ1) is 13.1. The Hall–Kier alpha value is -3.12. The molecule has 0 fully saturated rings. The third kappa shape index (κ3) is 4.54. The van der Waals surface area contributed by atoms with Gasteiger partial charge in [0.1, 0.15) is 17.3 Å². The molecular formula is C23H15F2NS. The summed E-state index contributed by atoms with van der Waals surface area (Å²) in [5.74, 6) is 4.94. The second kappa shape index (κ2) is 8.51. The fourth-order valence-corrected chi connectivity index (χ4v) is 2.71. The molecule has 0 aliphatic carbocycles. The van der Waals surface area contributed by atoms with Crippen LogP contribution in [0.4, 0.5) is 14.5 Å². The van der Waals surface area contributed by atoms with Crippen LogP contribution >= 0.6 is 12.2 Å². The number of aryl methyl sites for hydroxylation is 1. The van der Waals surface area contributed by atoms with Gasteiger partial charge in [0, 0.05) is 16.7 Å². The summed E-state index contributed by atoms with van der Waals surface area (Å²) in [6, 6.07) is 16.9. The average Bonchev–Trinajstić information content (AvgIpc) is 2.68. The summed E-state index contributed by atoms with van der Waals surface area (Å²) < 4.78 is 28.5. The predicted molar refractivity (Wildman–Crippen MR) is 108 cm³/mol. The van der Waals surface area contributed by atoms with Crippen LogP contribution in [0.3, 0.4) is 0 Å². The summed E-state index contributed by atoms with van der Waals surface area (Å²) in [7, 11) is 0. The smallest absolute Gasteiger partial charge is 0.150 e. The normalized spacial score (nSPS) is 9.89. The topological polar surface area (TPSA) is 12.4 Å². The van der Waals surface area contributed by atoms with E-state index in [1.165, 1.54) is 23.8 Å². The van der Waals surface area contributed by atoms with E-state index in [0.29, 0.717) is 16.7 Å². The number of rotatable bonds is 3. The number of thiocarbonyl (C=S) groups is 1. The van der Waals surface area contributed by atoms with Crippen molar-refractivity contribution in [2.24, 2.45) is 4.99 Å². The van der Waals surface area contributed by atoms with Crippen molar-refractivity contribution in [2.75, 3.05) is 0 Å². The lowest BCUT2D eigenvalue weighted by Gasteiger charge is -2.05. The quantitative estimate of drug-likeness (QED) is 0.296. The molecule has 3 aromatic rings. The highest BCUT2D eigenvalue weighted by Crippen LogP contribution is 2.28. The zero-order valence-electron chi connectivity index (χ0n) is 14.6. The molecule has 1 nitrogen and oxygen atoms in total. The number of hydrogen-bond donors (Lipinski definition) is 0. The predicted octanol–water partition coefficient (Wildman–Crippen LogP) is 6.33. The largest absolute Gasteiger partial charge is 0.206 e. The van der Waals surface area contributed by atoms with Crippen molar-refractivity contribution < 1.29 is 8.78 Å². The van der Waals surface area contributed by atoms with E-state index < -0.39 is 11.6 Å². The van der Waals surface area contributed by atoms with Crippen LogP contribution in [0.5, 0.6) is 0 Å². The van der Waals surface area contributed by atoms with Gasteiger partial charge in [-0.3, -0.25) is 0 Å². The highest BCUT2D eigenvalue weighted by Gasteiger charge is 2.09. The van der Waals surface area contributed by atoms with Crippen molar-refractivity contribution in [1.82, 2.24) is 0 Å². The molecule has 132 valence electrons. The number of isothiocyanates is 1. The Labute approximate surface area is 162 Å². The molecule has 0 amide bonds. The Morgan fingerprint density at radius 3 is 2.19 bits per heavy atom. The molecule has 0 atom stereocenters. The summed E-state index contributed by atoms with van der Waals surface area (Å²) in [5, 5.41) is 2.12. The molecule has 0 spiro atoms. The van der Waals surface area contributed by atoms with Gasteiger partial charge in [0.2, 0.25) is 0 Å².